The molecule has 1 aromatic heterocycles. The summed E-state index contributed by atoms with van der Waals surface area (Å²) in [5.41, 5.74) is 1.52. The summed E-state index contributed by atoms with van der Waals surface area (Å²) in [7, 11) is 0. The van der Waals surface area contributed by atoms with Crippen LogP contribution in [0.25, 0.3) is 0 Å². The van der Waals surface area contributed by atoms with Crippen LogP contribution >= 0.6 is 0 Å². The van der Waals surface area contributed by atoms with Gasteiger partial charge in [0.15, 0.2) is 0 Å². The first-order chi connectivity index (χ1) is 12.8. The Morgan fingerprint density at radius 2 is 2.20 bits per heavy atom. The normalized spacial score (nSPS) is 21.7. The lowest BCUT2D eigenvalue weighted by atomic mass is 10.1. The van der Waals surface area contributed by atoms with Gasteiger partial charge in [0, 0.05) is 18.2 Å². The van der Waals surface area contributed by atoms with Gasteiger partial charge in [0.2, 0.25) is 11.8 Å². The minimum atomic E-state index is -1.85. The predicted octanol–water partition coefficient (Wildman–Crippen LogP) is 2.57. The Morgan fingerprint density at radius 3 is 2.80 bits per heavy atom. The molecule has 1 aliphatic carbocycles. The van der Waals surface area contributed by atoms with E-state index in [-0.39, 0.29) is 36.0 Å². The van der Waals surface area contributed by atoms with Gasteiger partial charge in [-0.05, 0) is 48.6 Å². The zero-order valence-electron chi connectivity index (χ0n) is 15.8. The first-order valence-electron chi connectivity index (χ1n) is 9.08. The number of carbonyl (C=O) groups is 1. The van der Waals surface area contributed by atoms with Gasteiger partial charge < -0.3 is 15.2 Å². The number of carbonyl (C=O) groups excluding carboxylic acids is 1. The zero-order valence-corrected chi connectivity index (χ0v) is 13.8. The number of ether oxygens (including phenoxy) is 1. The highest BCUT2D eigenvalue weighted by atomic mass is 19.1. The Hall–Kier alpha value is -2.47. The summed E-state index contributed by atoms with van der Waals surface area (Å²) in [6.45, 7) is -0.872. The summed E-state index contributed by atoms with van der Waals surface area (Å²) < 4.78 is 32.8. The van der Waals surface area contributed by atoms with E-state index >= 15 is 0 Å². The van der Waals surface area contributed by atoms with E-state index in [4.69, 9.17) is 7.48 Å². The molecule has 0 unspecified atom stereocenters. The maximum absolute atomic E-state index is 13.0. The third-order valence-electron chi connectivity index (χ3n) is 4.29. The number of nitrogens with zero attached hydrogens (tertiary/aromatic N) is 1. The maximum Gasteiger partial charge on any atom is 0.224 e. The Morgan fingerprint density at radius 1 is 1.44 bits per heavy atom. The summed E-state index contributed by atoms with van der Waals surface area (Å²) in [5, 5.41) is 12.4. The van der Waals surface area contributed by atoms with Gasteiger partial charge in [0.05, 0.1) is 21.9 Å². The average molecular weight is 346 g/mol. The van der Waals surface area contributed by atoms with E-state index in [1.54, 1.807) is 18.2 Å². The molecule has 132 valence electrons. The maximum atomic E-state index is 13.0. The molecule has 1 amide bonds. The van der Waals surface area contributed by atoms with Gasteiger partial charge in [-0.3, -0.25) is 4.79 Å². The van der Waals surface area contributed by atoms with Crippen molar-refractivity contribution in [3.63, 3.8) is 0 Å². The van der Waals surface area contributed by atoms with E-state index in [0.29, 0.717) is 12.0 Å². The van der Waals surface area contributed by atoms with Gasteiger partial charge in [-0.15, -0.1) is 0 Å². The van der Waals surface area contributed by atoms with E-state index in [2.05, 4.69) is 10.3 Å². The Kier molecular flexibility index (Phi) is 4.52. The summed E-state index contributed by atoms with van der Waals surface area (Å²) >= 11 is 0. The van der Waals surface area contributed by atoms with Gasteiger partial charge in [-0.1, -0.05) is 12.1 Å². The lowest BCUT2D eigenvalue weighted by Crippen LogP contribution is -2.32. The second-order valence-corrected chi connectivity index (χ2v) is 5.98. The highest BCUT2D eigenvalue weighted by molar-refractivity contribution is 5.83. The van der Waals surface area contributed by atoms with Crippen LogP contribution < -0.4 is 10.1 Å². The molecule has 1 fully saturated rings. The second-order valence-electron chi connectivity index (χ2n) is 5.98. The molecule has 3 atom stereocenters. The van der Waals surface area contributed by atoms with Gasteiger partial charge in [0.25, 0.3) is 0 Å². The van der Waals surface area contributed by atoms with Gasteiger partial charge >= 0.3 is 0 Å². The van der Waals surface area contributed by atoms with Crippen molar-refractivity contribution in [1.29, 1.82) is 0 Å². The molecular formula is C19H21FN2O3. The number of nitrogens with one attached hydrogen (secondary N) is 1. The topological polar surface area (TPSA) is 71.5 Å². The van der Waals surface area contributed by atoms with Gasteiger partial charge in [-0.2, -0.15) is 0 Å². The number of amides is 1. The quantitative estimate of drug-likeness (QED) is 0.808. The minimum Gasteiger partial charge on any atom is -0.478 e. The molecule has 0 aliphatic heterocycles. The van der Waals surface area contributed by atoms with Crippen LogP contribution in [-0.2, 0) is 4.79 Å². The van der Waals surface area contributed by atoms with Crippen molar-refractivity contribution in [3.8, 4) is 5.88 Å². The predicted molar refractivity (Wildman–Crippen MR) is 90.6 cm³/mol. The molecule has 1 saturated carbocycles. The molecule has 6 heteroatoms. The lowest BCUT2D eigenvalue weighted by Gasteiger charge is -2.17. The van der Waals surface area contributed by atoms with E-state index in [0.717, 1.165) is 5.56 Å². The first kappa shape index (κ1) is 14.8. The number of aliphatic hydroxyl groups is 1. The van der Waals surface area contributed by atoms with Crippen molar-refractivity contribution < 1.29 is 21.8 Å². The van der Waals surface area contributed by atoms with Crippen molar-refractivity contribution in [2.24, 2.45) is 5.92 Å². The molecule has 2 aromatic rings. The molecule has 2 N–H and O–H groups in total. The van der Waals surface area contributed by atoms with Crippen LogP contribution in [0.2, 0.25) is 0 Å². The van der Waals surface area contributed by atoms with Crippen molar-refractivity contribution in [3.05, 3.63) is 59.5 Å². The Bertz CT molecular complexity index is 794. The van der Waals surface area contributed by atoms with Crippen molar-refractivity contribution >= 4 is 5.91 Å². The minimum absolute atomic E-state index is 0.0608. The third kappa shape index (κ3) is 4.14. The van der Waals surface area contributed by atoms with Crippen LogP contribution in [-0.4, -0.2) is 29.2 Å². The van der Waals surface area contributed by atoms with Crippen LogP contribution in [0.4, 0.5) is 4.39 Å². The zero-order chi connectivity index (χ0) is 19.6. The summed E-state index contributed by atoms with van der Waals surface area (Å²) in [6, 6.07) is 8.63. The first-order valence-corrected chi connectivity index (χ1v) is 8.08. The number of hydrogen-bond donors (Lipinski definition) is 2. The standard InChI is InChI=1S/C19H21FN2O3/c1-2-25-18-8-5-13(10-21-18)17(11-23)22-19(24)16-9-15(16)12-3-6-14(20)7-4-12/h3-8,10,15-17,23H,2,9,11H2,1H3,(H,22,24)/t15-,16+,17+/m1/s1/i2D2. The second kappa shape index (κ2) is 7.61. The smallest absolute Gasteiger partial charge is 0.224 e. The molecule has 25 heavy (non-hydrogen) atoms. The van der Waals surface area contributed by atoms with Crippen molar-refractivity contribution in [1.82, 2.24) is 10.3 Å². The summed E-state index contributed by atoms with van der Waals surface area (Å²) in [5.74, 6) is -0.503. The van der Waals surface area contributed by atoms with Crippen molar-refractivity contribution in [2.75, 3.05) is 13.2 Å². The highest BCUT2D eigenvalue weighted by Crippen LogP contribution is 2.47. The molecular weight excluding hydrogens is 323 g/mol. The summed E-state index contributed by atoms with van der Waals surface area (Å²) in [4.78, 5) is 16.5. The molecule has 0 radical (unpaired) electrons. The van der Waals surface area contributed by atoms with E-state index in [1.807, 2.05) is 0 Å². The number of pyridine rings is 1. The fourth-order valence-electron chi connectivity index (χ4n) is 2.84. The van der Waals surface area contributed by atoms with Gasteiger partial charge in [0.1, 0.15) is 5.82 Å². The van der Waals surface area contributed by atoms with E-state index < -0.39 is 12.6 Å². The molecule has 0 spiro atoms. The number of rotatable bonds is 7. The van der Waals surface area contributed by atoms with E-state index in [9.17, 15) is 14.3 Å². The van der Waals surface area contributed by atoms with Crippen LogP contribution in [0, 0.1) is 11.7 Å². The van der Waals surface area contributed by atoms with Crippen LogP contribution in [0.1, 0.15) is 39.2 Å². The number of benzene rings is 1. The third-order valence-corrected chi connectivity index (χ3v) is 4.29. The SMILES string of the molecule is [2H]C([2H])(C)Oc1ccc([C@H](CO)NC(=O)[C@H]2C[C@@H]2c2ccc(F)cc2)cn1. The molecule has 1 aliphatic rings. The molecule has 0 saturated heterocycles. The van der Waals surface area contributed by atoms with Crippen LogP contribution in [0.3, 0.4) is 0 Å². The van der Waals surface area contributed by atoms with Gasteiger partial charge in [-0.25, -0.2) is 9.37 Å². The molecule has 3 rings (SSSR count). The number of hydrogen-bond acceptors (Lipinski definition) is 4. The van der Waals surface area contributed by atoms with Crippen LogP contribution in [0.15, 0.2) is 42.6 Å². The fourth-order valence-corrected chi connectivity index (χ4v) is 2.84. The highest BCUT2D eigenvalue weighted by Gasteiger charge is 2.44. The van der Waals surface area contributed by atoms with Crippen LogP contribution in [0.5, 0.6) is 5.88 Å². The van der Waals surface area contributed by atoms with E-state index in [1.165, 1.54) is 31.3 Å². The molecule has 5 nitrogen and oxygen atoms in total. The largest absolute Gasteiger partial charge is 0.478 e. The number of aromatic nitrogens is 1. The molecule has 1 aromatic carbocycles. The Balaban J connectivity index is 1.60. The molecule has 1 heterocycles. The number of halogens is 1. The Labute approximate surface area is 148 Å². The molecule has 0 bridgehead atoms. The summed E-state index contributed by atoms with van der Waals surface area (Å²) in [6.07, 6.45) is 2.12. The monoisotopic (exact) mass is 346 g/mol. The van der Waals surface area contributed by atoms with Crippen molar-refractivity contribution in [2.45, 2.75) is 25.3 Å². The number of aliphatic hydroxyl groups excluding tert-OH is 1. The fraction of sp³-hybridized carbons (Fsp3) is 0.368. The lowest BCUT2D eigenvalue weighted by molar-refractivity contribution is -0.123. The average Bonchev–Trinajstić information content (AvgIpc) is 3.40.